The third-order valence-corrected chi connectivity index (χ3v) is 14.9. The summed E-state index contributed by atoms with van der Waals surface area (Å²) >= 11 is 0. The van der Waals surface area contributed by atoms with Gasteiger partial charge in [0.2, 0.25) is 5.91 Å². The number of rotatable bonds is 60. The zero-order valence-corrected chi connectivity index (χ0v) is 48.4. The lowest BCUT2D eigenvalue weighted by Crippen LogP contribution is -2.45. The van der Waals surface area contributed by atoms with Crippen LogP contribution < -0.4 is 5.32 Å². The molecule has 6 nitrogen and oxygen atoms in total. The third kappa shape index (κ3) is 57.4. The van der Waals surface area contributed by atoms with Crippen LogP contribution in [0.4, 0.5) is 0 Å². The van der Waals surface area contributed by atoms with Gasteiger partial charge in [0.05, 0.1) is 25.4 Å². The number of allylic oxidation sites excluding steroid dienone is 6. The number of ether oxygens (including phenoxy) is 1. The van der Waals surface area contributed by atoms with E-state index in [1.54, 1.807) is 0 Å². The minimum Gasteiger partial charge on any atom is -0.466 e. The van der Waals surface area contributed by atoms with Gasteiger partial charge in [0.25, 0.3) is 0 Å². The number of carbonyl (C=O) groups is 2. The molecule has 2 unspecified atom stereocenters. The summed E-state index contributed by atoms with van der Waals surface area (Å²) in [6, 6.07) is -0.550. The van der Waals surface area contributed by atoms with Crippen LogP contribution in [0.15, 0.2) is 36.5 Å². The Balaban J connectivity index is 3.44. The smallest absolute Gasteiger partial charge is 0.305 e. The van der Waals surface area contributed by atoms with Crippen LogP contribution in [0.3, 0.4) is 0 Å². The highest BCUT2D eigenvalue weighted by Gasteiger charge is 2.20. The van der Waals surface area contributed by atoms with Gasteiger partial charge in [0.15, 0.2) is 0 Å². The molecule has 0 radical (unpaired) electrons. The van der Waals surface area contributed by atoms with Crippen molar-refractivity contribution in [2.75, 3.05) is 13.2 Å². The zero-order chi connectivity index (χ0) is 52.2. The SMILES string of the molecule is CCCCCC/C=C\C/C=C\CCCCCCCCCC(=O)OCCCCCCCCCC/C=C\CCCCCCCCCC(=O)NC(CO)C(O)CCCCCCCCCCCCCCCCCCCC. The maximum atomic E-state index is 12.5. The summed E-state index contributed by atoms with van der Waals surface area (Å²) in [6.07, 6.45) is 77.2. The highest BCUT2D eigenvalue weighted by molar-refractivity contribution is 5.76. The number of hydrogen-bond donors (Lipinski definition) is 3. The molecular weight excluding hydrogens is 887 g/mol. The predicted octanol–water partition coefficient (Wildman–Crippen LogP) is 20.4. The fourth-order valence-corrected chi connectivity index (χ4v) is 9.96. The van der Waals surface area contributed by atoms with Crippen molar-refractivity contribution in [3.8, 4) is 0 Å². The molecule has 0 heterocycles. The van der Waals surface area contributed by atoms with Crippen LogP contribution >= 0.6 is 0 Å². The van der Waals surface area contributed by atoms with Gasteiger partial charge in [0.1, 0.15) is 0 Å². The van der Waals surface area contributed by atoms with Gasteiger partial charge in [-0.3, -0.25) is 9.59 Å². The summed E-state index contributed by atoms with van der Waals surface area (Å²) in [5, 5.41) is 23.3. The second kappa shape index (κ2) is 61.6. The Bertz CT molecular complexity index is 1170. The Morgan fingerprint density at radius 1 is 0.389 bits per heavy atom. The van der Waals surface area contributed by atoms with Crippen molar-refractivity contribution in [1.29, 1.82) is 0 Å². The number of amides is 1. The molecule has 0 aromatic carbocycles. The molecule has 0 rings (SSSR count). The zero-order valence-electron chi connectivity index (χ0n) is 48.4. The minimum absolute atomic E-state index is 0.00297. The van der Waals surface area contributed by atoms with Gasteiger partial charge in [-0.25, -0.2) is 0 Å². The van der Waals surface area contributed by atoms with Gasteiger partial charge in [-0.05, 0) is 83.5 Å². The molecule has 0 bridgehead atoms. The number of hydrogen-bond acceptors (Lipinski definition) is 5. The summed E-state index contributed by atoms with van der Waals surface area (Å²) in [5.74, 6) is -0.0454. The van der Waals surface area contributed by atoms with Crippen molar-refractivity contribution < 1.29 is 24.5 Å². The van der Waals surface area contributed by atoms with Crippen LogP contribution in [0, 0.1) is 0 Å². The Hall–Kier alpha value is -1.92. The summed E-state index contributed by atoms with van der Waals surface area (Å²) < 4.78 is 5.49. The number of carbonyl (C=O) groups excluding carboxylic acids is 2. The fourth-order valence-electron chi connectivity index (χ4n) is 9.96. The monoisotopic (exact) mass is 1010 g/mol. The maximum absolute atomic E-state index is 12.5. The van der Waals surface area contributed by atoms with Crippen molar-refractivity contribution in [1.82, 2.24) is 5.32 Å². The number of aliphatic hydroxyl groups is 2. The minimum atomic E-state index is -0.672. The number of esters is 1. The molecular formula is C66H125NO5. The van der Waals surface area contributed by atoms with Crippen molar-refractivity contribution in [2.45, 2.75) is 360 Å². The molecule has 0 aliphatic rings. The van der Waals surface area contributed by atoms with Crippen LogP contribution in [0.5, 0.6) is 0 Å². The predicted molar refractivity (Wildman–Crippen MR) is 315 cm³/mol. The first-order chi connectivity index (χ1) is 35.5. The first-order valence-corrected chi connectivity index (χ1v) is 32.2. The second-order valence-electron chi connectivity index (χ2n) is 22.1. The second-order valence-corrected chi connectivity index (χ2v) is 22.1. The van der Waals surface area contributed by atoms with Crippen molar-refractivity contribution in [2.24, 2.45) is 0 Å². The lowest BCUT2D eigenvalue weighted by atomic mass is 10.0. The van der Waals surface area contributed by atoms with E-state index in [1.807, 2.05) is 0 Å². The summed E-state index contributed by atoms with van der Waals surface area (Å²) in [5.41, 5.74) is 0. The van der Waals surface area contributed by atoms with E-state index < -0.39 is 12.1 Å². The van der Waals surface area contributed by atoms with E-state index in [0.29, 0.717) is 25.9 Å². The van der Waals surface area contributed by atoms with E-state index in [1.165, 1.54) is 263 Å². The largest absolute Gasteiger partial charge is 0.466 e. The quantitative estimate of drug-likeness (QED) is 0.0320. The average molecular weight is 1010 g/mol. The summed E-state index contributed by atoms with van der Waals surface area (Å²) in [6.45, 7) is 4.94. The molecule has 424 valence electrons. The van der Waals surface area contributed by atoms with Crippen molar-refractivity contribution >= 4 is 11.9 Å². The van der Waals surface area contributed by atoms with Gasteiger partial charge in [-0.1, -0.05) is 288 Å². The summed E-state index contributed by atoms with van der Waals surface area (Å²) in [7, 11) is 0. The van der Waals surface area contributed by atoms with Gasteiger partial charge < -0.3 is 20.3 Å². The maximum Gasteiger partial charge on any atom is 0.305 e. The molecule has 6 heteroatoms. The van der Waals surface area contributed by atoms with E-state index in [2.05, 4.69) is 55.6 Å². The molecule has 2 atom stereocenters. The van der Waals surface area contributed by atoms with E-state index in [9.17, 15) is 19.8 Å². The molecule has 0 aliphatic heterocycles. The van der Waals surface area contributed by atoms with E-state index in [0.717, 1.165) is 51.4 Å². The molecule has 72 heavy (non-hydrogen) atoms. The molecule has 0 aromatic heterocycles. The van der Waals surface area contributed by atoms with Crippen LogP contribution in [0.2, 0.25) is 0 Å². The van der Waals surface area contributed by atoms with Crippen molar-refractivity contribution in [3.05, 3.63) is 36.5 Å². The summed E-state index contributed by atoms with van der Waals surface area (Å²) in [4.78, 5) is 24.6. The van der Waals surface area contributed by atoms with E-state index in [4.69, 9.17) is 4.74 Å². The Labute approximate surface area is 449 Å². The van der Waals surface area contributed by atoms with Crippen LogP contribution in [-0.4, -0.2) is 47.4 Å². The Kier molecular flexibility index (Phi) is 60.0. The Morgan fingerprint density at radius 2 is 0.694 bits per heavy atom. The van der Waals surface area contributed by atoms with Gasteiger partial charge in [0, 0.05) is 12.8 Å². The lowest BCUT2D eigenvalue weighted by molar-refractivity contribution is -0.143. The first kappa shape index (κ1) is 70.1. The molecule has 3 N–H and O–H groups in total. The normalized spacial score (nSPS) is 12.8. The number of nitrogens with one attached hydrogen (secondary N) is 1. The molecule has 0 saturated carbocycles. The third-order valence-electron chi connectivity index (χ3n) is 14.9. The average Bonchev–Trinajstić information content (AvgIpc) is 3.38. The van der Waals surface area contributed by atoms with Crippen molar-refractivity contribution in [3.63, 3.8) is 0 Å². The number of aliphatic hydroxyl groups excluding tert-OH is 2. The molecule has 1 amide bonds. The number of unbranched alkanes of at least 4 members (excludes halogenated alkanes) is 43. The van der Waals surface area contributed by atoms with E-state index >= 15 is 0 Å². The lowest BCUT2D eigenvalue weighted by Gasteiger charge is -2.22. The van der Waals surface area contributed by atoms with Gasteiger partial charge in [-0.15, -0.1) is 0 Å². The fraction of sp³-hybridized carbons (Fsp3) is 0.879. The van der Waals surface area contributed by atoms with E-state index in [-0.39, 0.29) is 18.5 Å². The van der Waals surface area contributed by atoms with Gasteiger partial charge in [-0.2, -0.15) is 0 Å². The van der Waals surface area contributed by atoms with Crippen LogP contribution in [-0.2, 0) is 14.3 Å². The molecule has 0 fully saturated rings. The molecule has 0 aromatic rings. The molecule has 0 spiro atoms. The topological polar surface area (TPSA) is 95.9 Å². The Morgan fingerprint density at radius 3 is 1.08 bits per heavy atom. The standard InChI is InChI=1S/C66H125NO5/c1-3-5-7-9-11-13-15-17-19-21-26-30-34-38-42-46-50-54-58-64(69)63(62-68)67-65(70)59-55-51-47-43-39-35-31-27-24-23-25-29-33-37-41-45-49-53-57-61-72-66(71)60-56-52-48-44-40-36-32-28-22-20-18-16-14-12-10-8-6-4-2/h14,16,20,22-24,63-64,68-69H,3-13,15,17-19,21,25-62H2,1-2H3,(H,67,70)/b16-14-,22-20-,24-23-. The van der Waals surface area contributed by atoms with Gasteiger partial charge >= 0.3 is 5.97 Å². The van der Waals surface area contributed by atoms with Crippen LogP contribution in [0.25, 0.3) is 0 Å². The molecule has 0 saturated heterocycles. The highest BCUT2D eigenvalue weighted by Crippen LogP contribution is 2.18. The molecule has 0 aliphatic carbocycles. The highest BCUT2D eigenvalue weighted by atomic mass is 16.5. The first-order valence-electron chi connectivity index (χ1n) is 32.2. The van der Waals surface area contributed by atoms with Crippen LogP contribution in [0.1, 0.15) is 348 Å².